The zero-order valence-electron chi connectivity index (χ0n) is 10.6. The summed E-state index contributed by atoms with van der Waals surface area (Å²) in [4.78, 5) is 3.02. The quantitative estimate of drug-likeness (QED) is 0.862. The molecule has 1 unspecified atom stereocenters. The Balaban J connectivity index is 2.17. The monoisotopic (exact) mass is 271 g/mol. The Morgan fingerprint density at radius 3 is 2.58 bits per heavy atom. The molecule has 2 rings (SSSR count). The highest BCUT2D eigenvalue weighted by Crippen LogP contribution is 2.33. The molecule has 19 heavy (non-hydrogen) atoms. The van der Waals surface area contributed by atoms with E-state index in [1.54, 1.807) is 25.3 Å². The van der Waals surface area contributed by atoms with Crippen LogP contribution < -0.4 is 0 Å². The summed E-state index contributed by atoms with van der Waals surface area (Å²) in [5, 5.41) is 11.3. The van der Waals surface area contributed by atoms with Gasteiger partial charge in [0.05, 0.1) is 5.60 Å². The first-order valence-corrected chi connectivity index (χ1v) is 6.15. The summed E-state index contributed by atoms with van der Waals surface area (Å²) in [6, 6.07) is 7.23. The van der Waals surface area contributed by atoms with Crippen LogP contribution in [-0.2, 0) is 5.60 Å². The van der Waals surface area contributed by atoms with Gasteiger partial charge in [0, 0.05) is 23.5 Å². The molecule has 0 radical (unpaired) electrons. The van der Waals surface area contributed by atoms with Crippen molar-refractivity contribution in [3.05, 3.63) is 36.0 Å². The third kappa shape index (κ3) is 3.29. The van der Waals surface area contributed by atoms with Crippen LogP contribution in [-0.4, -0.2) is 16.3 Å². The molecule has 2 aromatic rings. The number of alkyl halides is 3. The topological polar surface area (TPSA) is 36.0 Å². The predicted octanol–water partition coefficient (Wildman–Crippen LogP) is 4.11. The van der Waals surface area contributed by atoms with Crippen molar-refractivity contribution < 1.29 is 18.3 Å². The van der Waals surface area contributed by atoms with Crippen molar-refractivity contribution in [1.82, 2.24) is 4.98 Å². The molecule has 0 spiro atoms. The number of hydrogen-bond donors (Lipinski definition) is 2. The Labute approximate surface area is 109 Å². The van der Waals surface area contributed by atoms with Crippen LogP contribution >= 0.6 is 0 Å². The van der Waals surface area contributed by atoms with E-state index >= 15 is 0 Å². The van der Waals surface area contributed by atoms with Crippen LogP contribution in [0.25, 0.3) is 10.9 Å². The molecule has 2 nitrogen and oxygen atoms in total. The normalized spacial score (nSPS) is 15.6. The first-order valence-electron chi connectivity index (χ1n) is 6.15. The van der Waals surface area contributed by atoms with Crippen molar-refractivity contribution >= 4 is 10.9 Å². The Hall–Kier alpha value is -1.49. The molecule has 5 heteroatoms. The van der Waals surface area contributed by atoms with Crippen molar-refractivity contribution in [3.63, 3.8) is 0 Å². The number of halogens is 3. The first kappa shape index (κ1) is 13.9. The maximum atomic E-state index is 12.2. The minimum Gasteiger partial charge on any atom is -0.385 e. The number of aromatic amines is 1. The summed E-state index contributed by atoms with van der Waals surface area (Å²) in [7, 11) is 0. The highest BCUT2D eigenvalue weighted by atomic mass is 19.4. The van der Waals surface area contributed by atoms with Crippen LogP contribution in [0, 0.1) is 0 Å². The second-order valence-electron chi connectivity index (χ2n) is 4.99. The molecule has 0 amide bonds. The van der Waals surface area contributed by atoms with Gasteiger partial charge in [0.1, 0.15) is 0 Å². The number of aliphatic hydroxyl groups is 1. The van der Waals surface area contributed by atoms with Gasteiger partial charge in [0.25, 0.3) is 0 Å². The van der Waals surface area contributed by atoms with Gasteiger partial charge in [-0.3, -0.25) is 0 Å². The number of aromatic nitrogens is 1. The standard InChI is InChI=1S/C14H16F3NO/c1-13(19,7-3-8-14(15,16)17)11-4-2-5-12-10(11)6-9-18-12/h2,4-6,9,18-19H,3,7-8H2,1H3. The fraction of sp³-hybridized carbons (Fsp3) is 0.429. The Morgan fingerprint density at radius 1 is 1.16 bits per heavy atom. The molecule has 0 aliphatic rings. The lowest BCUT2D eigenvalue weighted by Crippen LogP contribution is -2.22. The van der Waals surface area contributed by atoms with E-state index in [9.17, 15) is 18.3 Å². The van der Waals surface area contributed by atoms with Gasteiger partial charge in [-0.05, 0) is 37.5 Å². The van der Waals surface area contributed by atoms with Crippen LogP contribution in [0.4, 0.5) is 13.2 Å². The largest absolute Gasteiger partial charge is 0.389 e. The highest BCUT2D eigenvalue weighted by molar-refractivity contribution is 5.83. The van der Waals surface area contributed by atoms with Gasteiger partial charge in [-0.25, -0.2) is 0 Å². The maximum absolute atomic E-state index is 12.2. The van der Waals surface area contributed by atoms with E-state index in [0.29, 0.717) is 5.56 Å². The van der Waals surface area contributed by atoms with Crippen molar-refractivity contribution in [3.8, 4) is 0 Å². The minimum absolute atomic E-state index is 0.0802. The van der Waals surface area contributed by atoms with Gasteiger partial charge in [-0.1, -0.05) is 12.1 Å². The molecule has 1 atom stereocenters. The van der Waals surface area contributed by atoms with Crippen molar-refractivity contribution in [2.24, 2.45) is 0 Å². The third-order valence-corrected chi connectivity index (χ3v) is 3.30. The van der Waals surface area contributed by atoms with Gasteiger partial charge >= 0.3 is 6.18 Å². The van der Waals surface area contributed by atoms with E-state index in [1.165, 1.54) is 0 Å². The van der Waals surface area contributed by atoms with Gasteiger partial charge in [0.2, 0.25) is 0 Å². The van der Waals surface area contributed by atoms with E-state index in [0.717, 1.165) is 10.9 Å². The molecular formula is C14H16F3NO. The van der Waals surface area contributed by atoms with Crippen molar-refractivity contribution in [1.29, 1.82) is 0 Å². The molecule has 0 saturated carbocycles. The summed E-state index contributed by atoms with van der Waals surface area (Å²) < 4.78 is 36.5. The fourth-order valence-corrected chi connectivity index (χ4v) is 2.32. The number of rotatable bonds is 4. The van der Waals surface area contributed by atoms with Crippen LogP contribution in [0.2, 0.25) is 0 Å². The summed E-state index contributed by atoms with van der Waals surface area (Å²) >= 11 is 0. The van der Waals surface area contributed by atoms with Gasteiger partial charge < -0.3 is 10.1 Å². The van der Waals surface area contributed by atoms with E-state index in [1.807, 2.05) is 12.1 Å². The summed E-state index contributed by atoms with van der Waals surface area (Å²) in [6.07, 6.45) is -3.30. The smallest absolute Gasteiger partial charge is 0.385 e. The van der Waals surface area contributed by atoms with Gasteiger partial charge in [-0.15, -0.1) is 0 Å². The summed E-state index contributed by atoms with van der Waals surface area (Å²) in [6.45, 7) is 1.56. The lowest BCUT2D eigenvalue weighted by molar-refractivity contribution is -0.137. The molecule has 0 aliphatic carbocycles. The molecule has 104 valence electrons. The molecule has 0 saturated heterocycles. The van der Waals surface area contributed by atoms with Crippen LogP contribution in [0.15, 0.2) is 30.5 Å². The van der Waals surface area contributed by atoms with Crippen LogP contribution in [0.3, 0.4) is 0 Å². The zero-order valence-corrected chi connectivity index (χ0v) is 10.6. The minimum atomic E-state index is -4.17. The number of H-pyrrole nitrogens is 1. The van der Waals surface area contributed by atoms with Gasteiger partial charge in [-0.2, -0.15) is 13.2 Å². The number of nitrogens with one attached hydrogen (secondary N) is 1. The van der Waals surface area contributed by atoms with E-state index in [2.05, 4.69) is 4.98 Å². The molecule has 1 aromatic heterocycles. The van der Waals surface area contributed by atoms with E-state index in [-0.39, 0.29) is 12.8 Å². The molecule has 2 N–H and O–H groups in total. The summed E-state index contributed by atoms with van der Waals surface area (Å²) in [5.41, 5.74) is 0.273. The van der Waals surface area contributed by atoms with Crippen LogP contribution in [0.1, 0.15) is 31.7 Å². The second kappa shape index (κ2) is 4.89. The number of benzene rings is 1. The van der Waals surface area contributed by atoms with Crippen LogP contribution in [0.5, 0.6) is 0 Å². The molecule has 0 fully saturated rings. The zero-order chi connectivity index (χ0) is 14.1. The fourth-order valence-electron chi connectivity index (χ4n) is 2.32. The number of hydrogen-bond acceptors (Lipinski definition) is 1. The first-order chi connectivity index (χ1) is 8.80. The van der Waals surface area contributed by atoms with Gasteiger partial charge in [0.15, 0.2) is 0 Å². The van der Waals surface area contributed by atoms with E-state index in [4.69, 9.17) is 0 Å². The maximum Gasteiger partial charge on any atom is 0.389 e. The molecule has 0 bridgehead atoms. The SMILES string of the molecule is CC(O)(CCCC(F)(F)F)c1cccc2[nH]ccc12. The molecule has 1 aromatic carbocycles. The van der Waals surface area contributed by atoms with Crippen molar-refractivity contribution in [2.75, 3.05) is 0 Å². The average molecular weight is 271 g/mol. The molecule has 1 heterocycles. The summed E-state index contributed by atoms with van der Waals surface area (Å²) in [5.74, 6) is 0. The predicted molar refractivity (Wildman–Crippen MR) is 67.8 cm³/mol. The van der Waals surface area contributed by atoms with Crippen molar-refractivity contribution in [2.45, 2.75) is 38.0 Å². The second-order valence-corrected chi connectivity index (χ2v) is 4.99. The molecule has 0 aliphatic heterocycles. The highest BCUT2D eigenvalue weighted by Gasteiger charge is 2.30. The third-order valence-electron chi connectivity index (χ3n) is 3.30. The lowest BCUT2D eigenvalue weighted by Gasteiger charge is -2.25. The van der Waals surface area contributed by atoms with E-state index < -0.39 is 18.2 Å². The molecular weight excluding hydrogens is 255 g/mol. The number of fused-ring (bicyclic) bond motifs is 1. The lowest BCUT2D eigenvalue weighted by atomic mass is 9.88. The Kier molecular flexibility index (Phi) is 3.58. The Bertz CT molecular complexity index is 557. The Morgan fingerprint density at radius 2 is 1.89 bits per heavy atom. The average Bonchev–Trinajstić information content (AvgIpc) is 2.73.